The van der Waals surface area contributed by atoms with Crippen molar-refractivity contribution in [1.82, 2.24) is 19.9 Å². The Balaban J connectivity index is 2.15. The zero-order valence-electron chi connectivity index (χ0n) is 15.3. The van der Waals surface area contributed by atoms with E-state index in [9.17, 15) is 9.59 Å². The van der Waals surface area contributed by atoms with Crippen molar-refractivity contribution in [2.75, 3.05) is 31.1 Å². The van der Waals surface area contributed by atoms with Gasteiger partial charge in [-0.05, 0) is 6.92 Å². The van der Waals surface area contributed by atoms with Crippen molar-refractivity contribution in [1.29, 1.82) is 0 Å². The highest BCUT2D eigenvalue weighted by molar-refractivity contribution is 6.01. The Morgan fingerprint density at radius 2 is 1.96 bits per heavy atom. The smallest absolute Gasteiger partial charge is 0.227 e. The standard InChI is InChI=1S/C18H25N5O2/c1-5-22-11-13(15(25)18(2,3)4)14(24)12-10-20-17(21-16(12)22)23-8-6-19-7-9-23/h10-11,19H,5-9H2,1-4H3. The van der Waals surface area contributed by atoms with E-state index >= 15 is 0 Å². The molecule has 134 valence electrons. The van der Waals surface area contributed by atoms with Gasteiger partial charge in [0.25, 0.3) is 0 Å². The van der Waals surface area contributed by atoms with Crippen molar-refractivity contribution in [2.24, 2.45) is 5.41 Å². The Hall–Kier alpha value is -2.28. The monoisotopic (exact) mass is 343 g/mol. The molecular weight excluding hydrogens is 318 g/mol. The van der Waals surface area contributed by atoms with Gasteiger partial charge in [-0.2, -0.15) is 4.98 Å². The van der Waals surface area contributed by atoms with E-state index in [1.807, 2.05) is 32.3 Å². The first-order valence-corrected chi connectivity index (χ1v) is 8.73. The Morgan fingerprint density at radius 1 is 1.28 bits per heavy atom. The van der Waals surface area contributed by atoms with Gasteiger partial charge in [-0.25, -0.2) is 4.98 Å². The Morgan fingerprint density at radius 3 is 2.56 bits per heavy atom. The van der Waals surface area contributed by atoms with Crippen LogP contribution in [-0.2, 0) is 6.54 Å². The number of fused-ring (bicyclic) bond motifs is 1. The third-order valence-corrected chi connectivity index (χ3v) is 4.47. The quantitative estimate of drug-likeness (QED) is 0.850. The molecule has 0 spiro atoms. The lowest BCUT2D eigenvalue weighted by Gasteiger charge is -2.27. The fraction of sp³-hybridized carbons (Fsp3) is 0.556. The highest BCUT2D eigenvalue weighted by Crippen LogP contribution is 2.21. The van der Waals surface area contributed by atoms with Crippen LogP contribution in [0.15, 0.2) is 17.2 Å². The molecule has 1 saturated heterocycles. The van der Waals surface area contributed by atoms with Crippen LogP contribution in [0.3, 0.4) is 0 Å². The maximum Gasteiger partial charge on any atom is 0.227 e. The molecule has 7 heteroatoms. The number of hydrogen-bond acceptors (Lipinski definition) is 6. The van der Waals surface area contributed by atoms with E-state index in [0.717, 1.165) is 26.2 Å². The normalized spacial score (nSPS) is 15.6. The summed E-state index contributed by atoms with van der Waals surface area (Å²) in [6, 6.07) is 0. The number of nitrogens with one attached hydrogen (secondary N) is 1. The van der Waals surface area contributed by atoms with Crippen molar-refractivity contribution >= 4 is 22.8 Å². The van der Waals surface area contributed by atoms with Gasteiger partial charge in [0.15, 0.2) is 5.78 Å². The van der Waals surface area contributed by atoms with Crippen LogP contribution in [0, 0.1) is 5.41 Å². The number of carbonyl (C=O) groups is 1. The van der Waals surface area contributed by atoms with Gasteiger partial charge in [-0.3, -0.25) is 9.59 Å². The summed E-state index contributed by atoms with van der Waals surface area (Å²) >= 11 is 0. The van der Waals surface area contributed by atoms with Crippen molar-refractivity contribution in [3.8, 4) is 0 Å². The van der Waals surface area contributed by atoms with Gasteiger partial charge in [-0.1, -0.05) is 20.8 Å². The predicted octanol–water partition coefficient (Wildman–Crippen LogP) is 1.45. The number of hydrogen-bond donors (Lipinski definition) is 1. The molecule has 0 saturated carbocycles. The summed E-state index contributed by atoms with van der Waals surface area (Å²) in [6.07, 6.45) is 3.21. The SMILES string of the molecule is CCn1cc(C(=O)C(C)(C)C)c(=O)c2cnc(N3CCNCC3)nc21. The highest BCUT2D eigenvalue weighted by atomic mass is 16.1. The number of piperazine rings is 1. The summed E-state index contributed by atoms with van der Waals surface area (Å²) in [4.78, 5) is 36.6. The van der Waals surface area contributed by atoms with E-state index in [1.54, 1.807) is 12.4 Å². The van der Waals surface area contributed by atoms with Gasteiger partial charge < -0.3 is 14.8 Å². The maximum absolute atomic E-state index is 12.8. The molecule has 0 bridgehead atoms. The number of ketones is 1. The highest BCUT2D eigenvalue weighted by Gasteiger charge is 2.27. The van der Waals surface area contributed by atoms with Crippen LogP contribution >= 0.6 is 0 Å². The zero-order valence-corrected chi connectivity index (χ0v) is 15.3. The Kier molecular flexibility index (Phi) is 4.60. The minimum Gasteiger partial charge on any atom is -0.338 e. The average Bonchev–Trinajstić information content (AvgIpc) is 2.61. The lowest BCUT2D eigenvalue weighted by Crippen LogP contribution is -2.44. The maximum atomic E-state index is 12.8. The van der Waals surface area contributed by atoms with E-state index in [0.29, 0.717) is 23.5 Å². The minimum atomic E-state index is -0.611. The van der Waals surface area contributed by atoms with Crippen molar-refractivity contribution in [2.45, 2.75) is 34.2 Å². The van der Waals surface area contributed by atoms with Gasteiger partial charge in [0.05, 0.1) is 10.9 Å². The molecular formula is C18H25N5O2. The molecule has 2 aromatic rings. The van der Waals surface area contributed by atoms with Crippen LogP contribution < -0.4 is 15.6 Å². The molecule has 0 aromatic carbocycles. The van der Waals surface area contributed by atoms with Crippen LogP contribution in [0.4, 0.5) is 5.95 Å². The second-order valence-corrected chi connectivity index (χ2v) is 7.38. The van der Waals surface area contributed by atoms with E-state index in [4.69, 9.17) is 0 Å². The van der Waals surface area contributed by atoms with Crippen molar-refractivity contribution in [3.63, 3.8) is 0 Å². The van der Waals surface area contributed by atoms with Crippen LogP contribution in [0.1, 0.15) is 38.1 Å². The summed E-state index contributed by atoms with van der Waals surface area (Å²) < 4.78 is 1.86. The molecule has 0 radical (unpaired) electrons. The molecule has 0 unspecified atom stereocenters. The third kappa shape index (κ3) is 3.28. The van der Waals surface area contributed by atoms with E-state index in [2.05, 4.69) is 20.2 Å². The number of Topliss-reactive ketones (excluding diaryl/α,β-unsaturated/α-hetero) is 1. The lowest BCUT2D eigenvalue weighted by atomic mass is 9.87. The van der Waals surface area contributed by atoms with Crippen molar-refractivity contribution < 1.29 is 4.79 Å². The third-order valence-electron chi connectivity index (χ3n) is 4.47. The van der Waals surface area contributed by atoms with Crippen LogP contribution in [-0.4, -0.2) is 46.5 Å². The summed E-state index contributed by atoms with van der Waals surface area (Å²) in [5.41, 5.74) is -0.103. The number of carbonyl (C=O) groups excluding carboxylic acids is 1. The van der Waals surface area contributed by atoms with Crippen molar-refractivity contribution in [3.05, 3.63) is 28.2 Å². The van der Waals surface area contributed by atoms with Crippen LogP contribution in [0.25, 0.3) is 11.0 Å². The first-order chi connectivity index (χ1) is 11.8. The molecule has 3 rings (SSSR count). The molecule has 0 atom stereocenters. The Bertz CT molecular complexity index is 860. The second kappa shape index (κ2) is 6.55. The summed E-state index contributed by atoms with van der Waals surface area (Å²) in [5.74, 6) is 0.471. The minimum absolute atomic E-state index is 0.159. The van der Waals surface area contributed by atoms with Gasteiger partial charge in [0, 0.05) is 50.5 Å². The molecule has 3 heterocycles. The van der Waals surface area contributed by atoms with Crippen LogP contribution in [0.2, 0.25) is 0 Å². The van der Waals surface area contributed by atoms with Crippen LogP contribution in [0.5, 0.6) is 0 Å². The number of rotatable bonds is 3. The predicted molar refractivity (Wildman–Crippen MR) is 98.3 cm³/mol. The number of pyridine rings is 1. The molecule has 7 nitrogen and oxygen atoms in total. The number of nitrogens with zero attached hydrogens (tertiary/aromatic N) is 4. The van der Waals surface area contributed by atoms with Gasteiger partial charge in [0.2, 0.25) is 11.4 Å². The number of aryl methyl sites for hydroxylation is 1. The molecule has 0 amide bonds. The van der Waals surface area contributed by atoms with Gasteiger partial charge in [0.1, 0.15) is 5.65 Å². The molecule has 1 fully saturated rings. The average molecular weight is 343 g/mol. The first-order valence-electron chi connectivity index (χ1n) is 8.73. The second-order valence-electron chi connectivity index (χ2n) is 7.38. The van der Waals surface area contributed by atoms with Gasteiger partial charge >= 0.3 is 0 Å². The Labute approximate surface area is 147 Å². The largest absolute Gasteiger partial charge is 0.338 e. The summed E-state index contributed by atoms with van der Waals surface area (Å²) in [7, 11) is 0. The fourth-order valence-corrected chi connectivity index (χ4v) is 2.99. The topological polar surface area (TPSA) is 80.1 Å². The zero-order chi connectivity index (χ0) is 18.2. The first kappa shape index (κ1) is 17.5. The van der Waals surface area contributed by atoms with E-state index in [-0.39, 0.29) is 16.8 Å². The summed E-state index contributed by atoms with van der Waals surface area (Å²) in [6.45, 7) is 11.5. The fourth-order valence-electron chi connectivity index (χ4n) is 2.99. The van der Waals surface area contributed by atoms with E-state index in [1.165, 1.54) is 0 Å². The molecule has 1 aliphatic heterocycles. The molecule has 1 aliphatic rings. The molecule has 25 heavy (non-hydrogen) atoms. The number of anilines is 1. The number of aromatic nitrogens is 3. The lowest BCUT2D eigenvalue weighted by molar-refractivity contribution is 0.0856. The molecule has 0 aliphatic carbocycles. The molecule has 2 aromatic heterocycles. The van der Waals surface area contributed by atoms with Gasteiger partial charge in [-0.15, -0.1) is 0 Å². The summed E-state index contributed by atoms with van der Waals surface area (Å²) in [5, 5.41) is 3.70. The van der Waals surface area contributed by atoms with E-state index < -0.39 is 5.41 Å². The molecule has 1 N–H and O–H groups in total.